The number of rotatable bonds is 4. The lowest BCUT2D eigenvalue weighted by molar-refractivity contribution is -0.129. The van der Waals surface area contributed by atoms with Crippen LogP contribution in [-0.4, -0.2) is 31.1 Å². The Labute approximate surface area is 148 Å². The Balaban J connectivity index is 1.55. The lowest BCUT2D eigenvalue weighted by atomic mass is 9.99. The zero-order valence-corrected chi connectivity index (χ0v) is 14.8. The highest BCUT2D eigenvalue weighted by Crippen LogP contribution is 2.41. The Morgan fingerprint density at radius 1 is 1.16 bits per heavy atom. The molecule has 2 aliphatic rings. The third-order valence-electron chi connectivity index (χ3n) is 5.02. The largest absolute Gasteiger partial charge is 0.493 e. The van der Waals surface area contributed by atoms with Crippen molar-refractivity contribution in [2.45, 2.75) is 32.7 Å². The quantitative estimate of drug-likeness (QED) is 0.861. The Kier molecular flexibility index (Phi) is 4.12. The summed E-state index contributed by atoms with van der Waals surface area (Å²) in [5, 5.41) is 0. The van der Waals surface area contributed by atoms with E-state index in [2.05, 4.69) is 12.1 Å². The van der Waals surface area contributed by atoms with E-state index < -0.39 is 0 Å². The standard InChI is InChI=1S/C21H23NO3/c1-14-4-3-5-15(10-14)11-20(23)22(2)13-18-17-7-9-24-19(17)12-16-6-8-25-21(16)18/h3-5,10,12H,6-9,11,13H2,1-2H3. The molecule has 0 radical (unpaired) electrons. The maximum atomic E-state index is 12.7. The van der Waals surface area contributed by atoms with Gasteiger partial charge in [-0.3, -0.25) is 4.79 Å². The average Bonchev–Trinajstić information content (AvgIpc) is 3.23. The molecule has 0 bridgehead atoms. The van der Waals surface area contributed by atoms with Gasteiger partial charge in [-0.1, -0.05) is 29.8 Å². The summed E-state index contributed by atoms with van der Waals surface area (Å²) in [5.74, 6) is 2.06. The molecule has 0 spiro atoms. The molecule has 1 amide bonds. The number of benzene rings is 2. The molecule has 2 aliphatic heterocycles. The van der Waals surface area contributed by atoms with Crippen molar-refractivity contribution in [2.75, 3.05) is 20.3 Å². The van der Waals surface area contributed by atoms with Gasteiger partial charge in [0.2, 0.25) is 5.91 Å². The van der Waals surface area contributed by atoms with Gasteiger partial charge in [-0.25, -0.2) is 0 Å². The van der Waals surface area contributed by atoms with Crippen LogP contribution in [0.3, 0.4) is 0 Å². The lowest BCUT2D eigenvalue weighted by Gasteiger charge is -2.21. The first-order valence-corrected chi connectivity index (χ1v) is 8.84. The molecule has 130 valence electrons. The maximum Gasteiger partial charge on any atom is 0.227 e. The molecule has 0 atom stereocenters. The van der Waals surface area contributed by atoms with Crippen LogP contribution < -0.4 is 9.47 Å². The molecular weight excluding hydrogens is 314 g/mol. The minimum atomic E-state index is 0.119. The van der Waals surface area contributed by atoms with Crippen LogP contribution in [0.4, 0.5) is 0 Å². The van der Waals surface area contributed by atoms with Crippen LogP contribution in [0.15, 0.2) is 30.3 Å². The summed E-state index contributed by atoms with van der Waals surface area (Å²) in [4.78, 5) is 14.5. The molecule has 2 aromatic carbocycles. The number of likely N-dealkylation sites (N-methyl/N-ethyl adjacent to an activating group) is 1. The Morgan fingerprint density at radius 3 is 2.84 bits per heavy atom. The van der Waals surface area contributed by atoms with Crippen molar-refractivity contribution >= 4 is 5.91 Å². The fourth-order valence-electron chi connectivity index (χ4n) is 3.71. The van der Waals surface area contributed by atoms with Crippen LogP contribution in [0.2, 0.25) is 0 Å². The predicted octanol–water partition coefficient (Wildman–Crippen LogP) is 3.07. The number of hydrogen-bond acceptors (Lipinski definition) is 3. The second-order valence-corrected chi connectivity index (χ2v) is 6.93. The number of carbonyl (C=O) groups excluding carboxylic acids is 1. The van der Waals surface area contributed by atoms with E-state index in [0.29, 0.717) is 26.2 Å². The molecular formula is C21H23NO3. The number of fused-ring (bicyclic) bond motifs is 2. The fraction of sp³-hybridized carbons (Fsp3) is 0.381. The Hall–Kier alpha value is -2.49. The van der Waals surface area contributed by atoms with Gasteiger partial charge < -0.3 is 14.4 Å². The smallest absolute Gasteiger partial charge is 0.227 e. The first-order valence-electron chi connectivity index (χ1n) is 8.84. The number of aryl methyl sites for hydroxylation is 1. The first kappa shape index (κ1) is 16.0. The van der Waals surface area contributed by atoms with Crippen LogP contribution in [0.25, 0.3) is 0 Å². The zero-order valence-electron chi connectivity index (χ0n) is 14.8. The molecule has 0 aromatic heterocycles. The van der Waals surface area contributed by atoms with Gasteiger partial charge in [0.15, 0.2) is 0 Å². The van der Waals surface area contributed by atoms with Gasteiger partial charge >= 0.3 is 0 Å². The highest BCUT2D eigenvalue weighted by molar-refractivity contribution is 5.78. The van der Waals surface area contributed by atoms with Crippen molar-refractivity contribution in [3.63, 3.8) is 0 Å². The summed E-state index contributed by atoms with van der Waals surface area (Å²) < 4.78 is 11.6. The summed E-state index contributed by atoms with van der Waals surface area (Å²) in [6.45, 7) is 4.05. The van der Waals surface area contributed by atoms with Crippen LogP contribution in [0, 0.1) is 6.92 Å². The van der Waals surface area contributed by atoms with Crippen molar-refractivity contribution in [1.29, 1.82) is 0 Å². The SMILES string of the molecule is Cc1cccc(CC(=O)N(C)Cc2c3c(cc4c2OCC4)OCC3)c1. The van der Waals surface area contributed by atoms with Gasteiger partial charge in [-0.15, -0.1) is 0 Å². The number of nitrogens with zero attached hydrogens (tertiary/aromatic N) is 1. The van der Waals surface area contributed by atoms with Crippen molar-refractivity contribution < 1.29 is 14.3 Å². The summed E-state index contributed by atoms with van der Waals surface area (Å²) >= 11 is 0. The second-order valence-electron chi connectivity index (χ2n) is 6.93. The minimum absolute atomic E-state index is 0.119. The molecule has 4 rings (SSSR count). The summed E-state index contributed by atoms with van der Waals surface area (Å²) in [6, 6.07) is 10.2. The van der Waals surface area contributed by atoms with Gasteiger partial charge in [0.05, 0.1) is 19.6 Å². The minimum Gasteiger partial charge on any atom is -0.493 e. The molecule has 0 N–H and O–H groups in total. The third-order valence-corrected chi connectivity index (χ3v) is 5.02. The van der Waals surface area contributed by atoms with Gasteiger partial charge in [0, 0.05) is 43.1 Å². The van der Waals surface area contributed by atoms with Crippen molar-refractivity contribution in [3.8, 4) is 11.5 Å². The third kappa shape index (κ3) is 3.09. The Morgan fingerprint density at radius 2 is 2.00 bits per heavy atom. The monoisotopic (exact) mass is 337 g/mol. The average molecular weight is 337 g/mol. The molecule has 0 aliphatic carbocycles. The molecule has 2 aromatic rings. The maximum absolute atomic E-state index is 12.7. The normalized spacial score (nSPS) is 14.5. The van der Waals surface area contributed by atoms with Gasteiger partial charge in [-0.2, -0.15) is 0 Å². The van der Waals surface area contributed by atoms with E-state index in [4.69, 9.17) is 9.47 Å². The summed E-state index contributed by atoms with van der Waals surface area (Å²) in [6.07, 6.45) is 2.23. The lowest BCUT2D eigenvalue weighted by Crippen LogP contribution is -2.28. The van der Waals surface area contributed by atoms with E-state index in [1.165, 1.54) is 16.7 Å². The molecule has 0 saturated heterocycles. The van der Waals surface area contributed by atoms with E-state index in [1.54, 1.807) is 4.90 Å². The van der Waals surface area contributed by atoms with E-state index >= 15 is 0 Å². The van der Waals surface area contributed by atoms with Crippen LogP contribution in [0.1, 0.15) is 27.8 Å². The van der Waals surface area contributed by atoms with Gasteiger partial charge in [0.1, 0.15) is 11.5 Å². The van der Waals surface area contributed by atoms with Gasteiger partial charge in [-0.05, 0) is 18.6 Å². The van der Waals surface area contributed by atoms with E-state index in [1.807, 2.05) is 32.2 Å². The molecule has 4 nitrogen and oxygen atoms in total. The highest BCUT2D eigenvalue weighted by Gasteiger charge is 2.27. The number of amides is 1. The van der Waals surface area contributed by atoms with E-state index in [0.717, 1.165) is 35.5 Å². The summed E-state index contributed by atoms with van der Waals surface area (Å²) in [7, 11) is 1.87. The molecule has 25 heavy (non-hydrogen) atoms. The predicted molar refractivity (Wildman–Crippen MR) is 96.2 cm³/mol. The topological polar surface area (TPSA) is 38.8 Å². The van der Waals surface area contributed by atoms with Crippen molar-refractivity contribution in [1.82, 2.24) is 4.90 Å². The van der Waals surface area contributed by atoms with E-state index in [9.17, 15) is 4.79 Å². The fourth-order valence-corrected chi connectivity index (χ4v) is 3.71. The molecule has 4 heteroatoms. The number of hydrogen-bond donors (Lipinski definition) is 0. The highest BCUT2D eigenvalue weighted by atomic mass is 16.5. The van der Waals surface area contributed by atoms with Crippen LogP contribution in [-0.2, 0) is 30.6 Å². The second kappa shape index (κ2) is 6.43. The van der Waals surface area contributed by atoms with Crippen molar-refractivity contribution in [3.05, 3.63) is 58.1 Å². The van der Waals surface area contributed by atoms with Crippen molar-refractivity contribution in [2.24, 2.45) is 0 Å². The molecule has 0 unspecified atom stereocenters. The molecule has 2 heterocycles. The van der Waals surface area contributed by atoms with Crippen LogP contribution in [0.5, 0.6) is 11.5 Å². The molecule has 0 saturated carbocycles. The summed E-state index contributed by atoms with van der Waals surface area (Å²) in [5.41, 5.74) is 5.77. The molecule has 0 fully saturated rings. The van der Waals surface area contributed by atoms with Crippen LogP contribution >= 0.6 is 0 Å². The van der Waals surface area contributed by atoms with E-state index in [-0.39, 0.29) is 5.91 Å². The zero-order chi connectivity index (χ0) is 17.4. The Bertz CT molecular complexity index is 796. The number of carbonyl (C=O) groups is 1. The van der Waals surface area contributed by atoms with Gasteiger partial charge in [0.25, 0.3) is 0 Å². The first-order chi connectivity index (χ1) is 12.1. The number of ether oxygens (including phenoxy) is 2.